The first-order valence-electron chi connectivity index (χ1n) is 8.87. The largest absolute Gasteiger partial charge is 0.378 e. The van der Waals surface area contributed by atoms with Crippen LogP contribution in [0.5, 0.6) is 0 Å². The summed E-state index contributed by atoms with van der Waals surface area (Å²) in [6.07, 6.45) is 2.07. The molecule has 0 aliphatic carbocycles. The van der Waals surface area contributed by atoms with Gasteiger partial charge >= 0.3 is 0 Å². The number of halogens is 1. The van der Waals surface area contributed by atoms with Crippen LogP contribution in [0.2, 0.25) is 5.02 Å². The molecule has 0 amide bonds. The van der Waals surface area contributed by atoms with E-state index in [0.29, 0.717) is 9.55 Å². The van der Waals surface area contributed by atoms with Crippen molar-refractivity contribution >= 4 is 39.7 Å². The van der Waals surface area contributed by atoms with Crippen LogP contribution in [0.3, 0.4) is 0 Å². The number of hydrogen-bond acceptors (Lipinski definition) is 6. The molecule has 0 unspecified atom stereocenters. The molecule has 0 aliphatic rings. The summed E-state index contributed by atoms with van der Waals surface area (Å²) < 4.78 is 1.68. The Morgan fingerprint density at radius 2 is 1.76 bits per heavy atom. The molecule has 0 aliphatic heterocycles. The van der Waals surface area contributed by atoms with Gasteiger partial charge in [-0.15, -0.1) is 0 Å². The van der Waals surface area contributed by atoms with Gasteiger partial charge < -0.3 is 4.90 Å². The highest BCUT2D eigenvalue weighted by Gasteiger charge is 2.12. The molecule has 4 aromatic rings. The zero-order valence-corrected chi connectivity index (χ0v) is 17.4. The highest BCUT2D eigenvalue weighted by atomic mass is 35.5. The van der Waals surface area contributed by atoms with Crippen molar-refractivity contribution in [2.45, 2.75) is 6.42 Å². The summed E-state index contributed by atoms with van der Waals surface area (Å²) >= 11 is 7.05. The molecule has 2 heterocycles. The summed E-state index contributed by atoms with van der Waals surface area (Å²) in [6.45, 7) is 0. The maximum Gasteiger partial charge on any atom is 0.296 e. The van der Waals surface area contributed by atoms with E-state index >= 15 is 0 Å². The summed E-state index contributed by atoms with van der Waals surface area (Å²) in [7, 11) is 3.94. The number of anilines is 1. The van der Waals surface area contributed by atoms with Crippen LogP contribution < -0.4 is 20.6 Å². The summed E-state index contributed by atoms with van der Waals surface area (Å²) in [5.41, 5.74) is 2.34. The van der Waals surface area contributed by atoms with Gasteiger partial charge in [0.05, 0.1) is 4.53 Å². The number of hydrogen-bond donors (Lipinski definition) is 0. The van der Waals surface area contributed by atoms with E-state index in [1.54, 1.807) is 18.2 Å². The molecule has 0 radical (unpaired) electrons. The number of rotatable bonds is 4. The van der Waals surface area contributed by atoms with Crippen molar-refractivity contribution in [3.63, 3.8) is 0 Å². The third-order valence-corrected chi connectivity index (χ3v) is 5.65. The van der Waals surface area contributed by atoms with Crippen LogP contribution in [0, 0.1) is 0 Å². The van der Waals surface area contributed by atoms with Crippen molar-refractivity contribution in [2.24, 2.45) is 0 Å². The van der Waals surface area contributed by atoms with Gasteiger partial charge in [0.15, 0.2) is 0 Å². The fourth-order valence-electron chi connectivity index (χ4n) is 2.87. The maximum atomic E-state index is 12.8. The van der Waals surface area contributed by atoms with Gasteiger partial charge in [0.1, 0.15) is 5.69 Å². The first-order valence-corrected chi connectivity index (χ1v) is 10.1. The van der Waals surface area contributed by atoms with E-state index in [1.165, 1.54) is 4.52 Å². The summed E-state index contributed by atoms with van der Waals surface area (Å²) in [4.78, 5) is 31.5. The second kappa shape index (κ2) is 7.77. The fraction of sp³-hybridized carbons (Fsp3) is 0.143. The SMILES string of the molecule is CN(C)c1ccc(/C=c2/sc3nc(=O)c(Cc4ccc(Cl)cc4)nn3c2=O)cc1. The Balaban J connectivity index is 1.74. The molecular weight excluding hydrogens is 408 g/mol. The minimum Gasteiger partial charge on any atom is -0.378 e. The molecule has 0 saturated carbocycles. The van der Waals surface area contributed by atoms with Crippen LogP contribution >= 0.6 is 22.9 Å². The number of aromatic nitrogens is 3. The summed E-state index contributed by atoms with van der Waals surface area (Å²) in [5, 5.41) is 4.89. The zero-order valence-electron chi connectivity index (χ0n) is 15.8. The third-order valence-electron chi connectivity index (χ3n) is 4.44. The lowest BCUT2D eigenvalue weighted by atomic mass is 10.1. The van der Waals surface area contributed by atoms with Gasteiger partial charge in [-0.3, -0.25) is 9.59 Å². The van der Waals surface area contributed by atoms with Crippen molar-refractivity contribution in [1.29, 1.82) is 0 Å². The third kappa shape index (κ3) is 4.06. The number of thiazole rings is 1. The minimum absolute atomic E-state index is 0.224. The molecule has 0 spiro atoms. The number of benzene rings is 2. The maximum absolute atomic E-state index is 12.8. The average molecular weight is 425 g/mol. The topological polar surface area (TPSA) is 67.6 Å². The van der Waals surface area contributed by atoms with Crippen molar-refractivity contribution in [3.05, 3.63) is 95.6 Å². The van der Waals surface area contributed by atoms with Crippen molar-refractivity contribution in [3.8, 4) is 0 Å². The van der Waals surface area contributed by atoms with Gasteiger partial charge in [-0.05, 0) is 41.5 Å². The predicted octanol–water partition coefficient (Wildman–Crippen LogP) is 2.37. The summed E-state index contributed by atoms with van der Waals surface area (Å²) in [6, 6.07) is 15.0. The molecular formula is C21H17ClN4O2S. The van der Waals surface area contributed by atoms with Crippen molar-refractivity contribution in [1.82, 2.24) is 14.6 Å². The van der Waals surface area contributed by atoms with Gasteiger partial charge in [-0.2, -0.15) is 14.6 Å². The average Bonchev–Trinajstić information content (AvgIpc) is 2.99. The zero-order chi connectivity index (χ0) is 20.5. The second-order valence-corrected chi connectivity index (χ2v) is 8.21. The van der Waals surface area contributed by atoms with E-state index < -0.39 is 5.56 Å². The molecule has 0 saturated heterocycles. The quantitative estimate of drug-likeness (QED) is 0.503. The van der Waals surface area contributed by atoms with Crippen LogP contribution in [-0.2, 0) is 6.42 Å². The Kier molecular flexibility index (Phi) is 5.17. The van der Waals surface area contributed by atoms with Crippen LogP contribution in [0.1, 0.15) is 16.8 Å². The molecule has 4 rings (SSSR count). The smallest absolute Gasteiger partial charge is 0.296 e. The lowest BCUT2D eigenvalue weighted by molar-refractivity contribution is 0.811. The molecule has 146 valence electrons. The fourth-order valence-corrected chi connectivity index (χ4v) is 3.90. The van der Waals surface area contributed by atoms with E-state index in [0.717, 1.165) is 28.2 Å². The van der Waals surface area contributed by atoms with E-state index in [-0.39, 0.29) is 22.6 Å². The van der Waals surface area contributed by atoms with Crippen LogP contribution in [0.25, 0.3) is 11.0 Å². The van der Waals surface area contributed by atoms with E-state index in [9.17, 15) is 9.59 Å². The number of nitrogens with zero attached hydrogens (tertiary/aromatic N) is 4. The molecule has 29 heavy (non-hydrogen) atoms. The van der Waals surface area contributed by atoms with Crippen molar-refractivity contribution < 1.29 is 0 Å². The molecule has 6 nitrogen and oxygen atoms in total. The Morgan fingerprint density at radius 1 is 1.07 bits per heavy atom. The van der Waals surface area contributed by atoms with Gasteiger partial charge in [0, 0.05) is 31.2 Å². The Labute approximate surface area is 175 Å². The molecule has 2 aromatic carbocycles. The normalized spacial score (nSPS) is 11.9. The first-order chi connectivity index (χ1) is 13.9. The molecule has 8 heteroatoms. The molecule has 0 bridgehead atoms. The van der Waals surface area contributed by atoms with Crippen LogP contribution in [0.4, 0.5) is 5.69 Å². The predicted molar refractivity (Wildman–Crippen MR) is 117 cm³/mol. The second-order valence-electron chi connectivity index (χ2n) is 6.76. The van der Waals surface area contributed by atoms with E-state index in [2.05, 4.69) is 10.1 Å². The minimum atomic E-state index is -0.428. The highest BCUT2D eigenvalue weighted by molar-refractivity contribution is 7.15. The van der Waals surface area contributed by atoms with Crippen LogP contribution in [-0.4, -0.2) is 28.7 Å². The highest BCUT2D eigenvalue weighted by Crippen LogP contribution is 2.13. The monoisotopic (exact) mass is 424 g/mol. The van der Waals surface area contributed by atoms with Crippen LogP contribution in [0.15, 0.2) is 58.1 Å². The molecule has 2 aromatic heterocycles. The van der Waals surface area contributed by atoms with Gasteiger partial charge in [-0.1, -0.05) is 47.2 Å². The first kappa shape index (κ1) is 19.3. The Bertz CT molecular complexity index is 1340. The number of fused-ring (bicyclic) bond motifs is 1. The van der Waals surface area contributed by atoms with Gasteiger partial charge in [0.25, 0.3) is 11.1 Å². The molecule has 0 fully saturated rings. The van der Waals surface area contributed by atoms with Crippen molar-refractivity contribution in [2.75, 3.05) is 19.0 Å². The standard InChI is InChI=1S/C21H17ClN4O2S/c1-25(2)16-9-5-14(6-10-16)12-18-20(28)26-21(29-18)23-19(27)17(24-26)11-13-3-7-15(22)8-4-13/h3-10,12H,11H2,1-2H3/b18-12+. The lowest BCUT2D eigenvalue weighted by Crippen LogP contribution is -2.28. The molecule has 0 N–H and O–H groups in total. The van der Waals surface area contributed by atoms with Gasteiger partial charge in [-0.25, -0.2) is 0 Å². The Hall–Kier alpha value is -3.03. The lowest BCUT2D eigenvalue weighted by Gasteiger charge is -2.11. The molecule has 0 atom stereocenters. The van der Waals surface area contributed by atoms with Gasteiger partial charge in [0.2, 0.25) is 4.96 Å². The van der Waals surface area contributed by atoms with E-state index in [1.807, 2.05) is 55.4 Å². The summed E-state index contributed by atoms with van der Waals surface area (Å²) in [5.74, 6) is 0. The Morgan fingerprint density at radius 3 is 2.41 bits per heavy atom. The van der Waals surface area contributed by atoms with E-state index in [4.69, 9.17) is 11.6 Å².